The summed E-state index contributed by atoms with van der Waals surface area (Å²) >= 11 is 3.37. The van der Waals surface area contributed by atoms with Crippen molar-refractivity contribution >= 4 is 21.9 Å². The molecule has 3 N–H and O–H groups in total. The molecule has 1 aromatic carbocycles. The molecule has 0 saturated heterocycles. The van der Waals surface area contributed by atoms with Gasteiger partial charge < -0.3 is 10.8 Å². The van der Waals surface area contributed by atoms with Crippen molar-refractivity contribution in [3.8, 4) is 0 Å². The molecular formula is C11H14BrNO2. The second kappa shape index (κ2) is 4.77. The van der Waals surface area contributed by atoms with Gasteiger partial charge in [-0.15, -0.1) is 0 Å². The van der Waals surface area contributed by atoms with Gasteiger partial charge >= 0.3 is 5.97 Å². The van der Waals surface area contributed by atoms with Crippen LogP contribution < -0.4 is 5.73 Å². The lowest BCUT2D eigenvalue weighted by Gasteiger charge is -2.16. The van der Waals surface area contributed by atoms with Crippen LogP contribution in [-0.2, 0) is 4.79 Å². The SMILES string of the molecule is Cc1ccc(Br)c(C(CN)C(=O)O)c1C. The van der Waals surface area contributed by atoms with E-state index in [0.29, 0.717) is 0 Å². The molecule has 0 aliphatic carbocycles. The standard InChI is InChI=1S/C11H14BrNO2/c1-6-3-4-9(12)10(7(6)2)8(5-13)11(14)15/h3-4,8H,5,13H2,1-2H3,(H,14,15). The van der Waals surface area contributed by atoms with Crippen LogP contribution in [0.2, 0.25) is 0 Å². The normalized spacial score (nSPS) is 12.5. The van der Waals surface area contributed by atoms with E-state index < -0.39 is 11.9 Å². The number of carboxylic acids is 1. The molecule has 1 rings (SSSR count). The van der Waals surface area contributed by atoms with Crippen molar-refractivity contribution in [2.45, 2.75) is 19.8 Å². The lowest BCUT2D eigenvalue weighted by molar-refractivity contribution is -0.138. The molecule has 0 bridgehead atoms. The van der Waals surface area contributed by atoms with Crippen LogP contribution in [0.15, 0.2) is 16.6 Å². The molecule has 15 heavy (non-hydrogen) atoms. The molecule has 0 heterocycles. The first-order valence-corrected chi connectivity index (χ1v) is 5.46. The van der Waals surface area contributed by atoms with Gasteiger partial charge in [0, 0.05) is 11.0 Å². The first-order valence-electron chi connectivity index (χ1n) is 4.67. The van der Waals surface area contributed by atoms with Crippen LogP contribution in [0.25, 0.3) is 0 Å². The van der Waals surface area contributed by atoms with Crippen LogP contribution in [0.4, 0.5) is 0 Å². The van der Waals surface area contributed by atoms with Crippen LogP contribution in [0.5, 0.6) is 0 Å². The summed E-state index contributed by atoms with van der Waals surface area (Å²) in [5.74, 6) is -1.52. The monoisotopic (exact) mass is 271 g/mol. The van der Waals surface area contributed by atoms with E-state index in [9.17, 15) is 4.79 Å². The fourth-order valence-corrected chi connectivity index (χ4v) is 2.28. The Morgan fingerprint density at radius 3 is 2.60 bits per heavy atom. The van der Waals surface area contributed by atoms with E-state index in [-0.39, 0.29) is 6.54 Å². The smallest absolute Gasteiger partial charge is 0.312 e. The molecule has 4 heteroatoms. The number of rotatable bonds is 3. The molecule has 1 aromatic rings. The van der Waals surface area contributed by atoms with Gasteiger partial charge in [0.1, 0.15) is 0 Å². The number of halogens is 1. The average Bonchev–Trinajstić information content (AvgIpc) is 2.18. The number of hydrogen-bond acceptors (Lipinski definition) is 2. The first kappa shape index (κ1) is 12.2. The molecule has 3 nitrogen and oxygen atoms in total. The Labute approximate surface area is 97.4 Å². The van der Waals surface area contributed by atoms with Crippen LogP contribution in [0.3, 0.4) is 0 Å². The molecule has 0 amide bonds. The molecule has 82 valence electrons. The highest BCUT2D eigenvalue weighted by molar-refractivity contribution is 9.10. The minimum Gasteiger partial charge on any atom is -0.481 e. The molecule has 0 spiro atoms. The van der Waals surface area contributed by atoms with E-state index in [1.807, 2.05) is 26.0 Å². The fraction of sp³-hybridized carbons (Fsp3) is 0.364. The van der Waals surface area contributed by atoms with Crippen LogP contribution in [-0.4, -0.2) is 17.6 Å². The third-order valence-electron chi connectivity index (χ3n) is 2.61. The number of carboxylic acid groups (broad SMARTS) is 1. The summed E-state index contributed by atoms with van der Waals surface area (Å²) in [6.45, 7) is 3.99. The van der Waals surface area contributed by atoms with Crippen LogP contribution >= 0.6 is 15.9 Å². The van der Waals surface area contributed by atoms with Gasteiger partial charge in [-0.25, -0.2) is 0 Å². The number of carbonyl (C=O) groups is 1. The highest BCUT2D eigenvalue weighted by Gasteiger charge is 2.22. The minimum absolute atomic E-state index is 0.109. The second-order valence-electron chi connectivity index (χ2n) is 3.53. The Morgan fingerprint density at radius 2 is 2.13 bits per heavy atom. The summed E-state index contributed by atoms with van der Waals surface area (Å²) in [7, 11) is 0. The van der Waals surface area contributed by atoms with Gasteiger partial charge in [0.05, 0.1) is 5.92 Å². The summed E-state index contributed by atoms with van der Waals surface area (Å²) in [4.78, 5) is 11.0. The summed E-state index contributed by atoms with van der Waals surface area (Å²) in [6.07, 6.45) is 0. The highest BCUT2D eigenvalue weighted by atomic mass is 79.9. The number of nitrogens with two attached hydrogens (primary N) is 1. The number of aliphatic carboxylic acids is 1. The molecule has 1 atom stereocenters. The summed E-state index contributed by atoms with van der Waals surface area (Å²) < 4.78 is 0.809. The van der Waals surface area contributed by atoms with Crippen molar-refractivity contribution < 1.29 is 9.90 Å². The molecule has 1 unspecified atom stereocenters. The zero-order valence-corrected chi connectivity index (χ0v) is 10.3. The molecule has 0 fully saturated rings. The van der Waals surface area contributed by atoms with Gasteiger partial charge in [-0.3, -0.25) is 4.79 Å². The fourth-order valence-electron chi connectivity index (χ4n) is 1.57. The quantitative estimate of drug-likeness (QED) is 0.886. The Kier molecular flexibility index (Phi) is 3.88. The predicted octanol–water partition coefficient (Wildman–Crippen LogP) is 2.19. The first-order chi connectivity index (χ1) is 6.99. The Balaban J connectivity index is 3.34. The van der Waals surface area contributed by atoms with E-state index in [1.54, 1.807) is 0 Å². The number of benzene rings is 1. The van der Waals surface area contributed by atoms with Crippen molar-refractivity contribution in [3.05, 3.63) is 33.3 Å². The van der Waals surface area contributed by atoms with E-state index >= 15 is 0 Å². The lowest BCUT2D eigenvalue weighted by Crippen LogP contribution is -2.22. The van der Waals surface area contributed by atoms with Crippen molar-refractivity contribution in [2.24, 2.45) is 5.73 Å². The maximum absolute atomic E-state index is 11.0. The molecule has 0 aliphatic heterocycles. The topological polar surface area (TPSA) is 63.3 Å². The number of hydrogen-bond donors (Lipinski definition) is 2. The maximum atomic E-state index is 11.0. The second-order valence-corrected chi connectivity index (χ2v) is 4.38. The summed E-state index contributed by atoms with van der Waals surface area (Å²) in [5, 5.41) is 9.07. The van der Waals surface area contributed by atoms with Gasteiger partial charge in [0.15, 0.2) is 0 Å². The van der Waals surface area contributed by atoms with Gasteiger partial charge in [0.25, 0.3) is 0 Å². The molecular weight excluding hydrogens is 258 g/mol. The summed E-state index contributed by atoms with van der Waals surface area (Å²) in [5.41, 5.74) is 8.34. The van der Waals surface area contributed by atoms with Crippen LogP contribution in [0.1, 0.15) is 22.6 Å². The summed E-state index contributed by atoms with van der Waals surface area (Å²) in [6, 6.07) is 3.82. The van der Waals surface area contributed by atoms with Crippen molar-refractivity contribution in [1.82, 2.24) is 0 Å². The van der Waals surface area contributed by atoms with E-state index in [1.165, 1.54) is 0 Å². The molecule has 0 radical (unpaired) electrons. The van der Waals surface area contributed by atoms with Gasteiger partial charge in [-0.2, -0.15) is 0 Å². The van der Waals surface area contributed by atoms with Gasteiger partial charge in [-0.05, 0) is 36.6 Å². The van der Waals surface area contributed by atoms with Crippen molar-refractivity contribution in [1.29, 1.82) is 0 Å². The van der Waals surface area contributed by atoms with E-state index in [2.05, 4.69) is 15.9 Å². The Hall–Kier alpha value is -0.870. The van der Waals surface area contributed by atoms with Crippen molar-refractivity contribution in [3.63, 3.8) is 0 Å². The van der Waals surface area contributed by atoms with E-state index in [4.69, 9.17) is 10.8 Å². The number of aryl methyl sites for hydroxylation is 1. The predicted molar refractivity (Wildman–Crippen MR) is 63.0 cm³/mol. The Morgan fingerprint density at radius 1 is 1.53 bits per heavy atom. The van der Waals surface area contributed by atoms with Gasteiger partial charge in [0.2, 0.25) is 0 Å². The lowest BCUT2D eigenvalue weighted by atomic mass is 9.92. The average molecular weight is 272 g/mol. The third-order valence-corrected chi connectivity index (χ3v) is 3.31. The molecule has 0 saturated carbocycles. The Bertz CT molecular complexity index is 390. The van der Waals surface area contributed by atoms with Gasteiger partial charge in [-0.1, -0.05) is 22.0 Å². The largest absolute Gasteiger partial charge is 0.481 e. The zero-order chi connectivity index (χ0) is 11.6. The van der Waals surface area contributed by atoms with Crippen molar-refractivity contribution in [2.75, 3.05) is 6.54 Å². The maximum Gasteiger partial charge on any atom is 0.312 e. The highest BCUT2D eigenvalue weighted by Crippen LogP contribution is 2.29. The zero-order valence-electron chi connectivity index (χ0n) is 8.75. The molecule has 0 aliphatic rings. The minimum atomic E-state index is -0.882. The van der Waals surface area contributed by atoms with Crippen LogP contribution in [0, 0.1) is 13.8 Å². The third kappa shape index (κ3) is 2.38. The molecule has 0 aromatic heterocycles. The van der Waals surface area contributed by atoms with E-state index in [0.717, 1.165) is 21.2 Å².